The minimum atomic E-state index is 0. The molecule has 0 aromatic heterocycles. The van der Waals surface area contributed by atoms with E-state index in [0.29, 0.717) is 0 Å². The standard InChI is InChI=1S/C9H9O.CH3.Y/c1-2-6-9-8(4-1)5-3-7-10-9;;/h1-4,6H,5,7H2;1H3;/q2*-1;. The van der Waals surface area contributed by atoms with Gasteiger partial charge in [0.15, 0.2) is 0 Å². The normalized spacial score (nSPS) is 13.0. The van der Waals surface area contributed by atoms with Gasteiger partial charge in [-0.25, -0.2) is 0 Å². The summed E-state index contributed by atoms with van der Waals surface area (Å²) in [5.74, 6) is 1.05. The van der Waals surface area contributed by atoms with E-state index in [9.17, 15) is 0 Å². The summed E-state index contributed by atoms with van der Waals surface area (Å²) >= 11 is 0. The van der Waals surface area contributed by atoms with Crippen molar-refractivity contribution in [1.82, 2.24) is 0 Å². The van der Waals surface area contributed by atoms with Crippen LogP contribution in [0, 0.1) is 13.8 Å². The van der Waals surface area contributed by atoms with Crippen LogP contribution in [-0.2, 0) is 39.1 Å². The molecule has 0 atom stereocenters. The largest absolute Gasteiger partial charge is 0.525 e. The molecule has 0 bridgehead atoms. The SMILES string of the molecule is [CH3-].[Y].c1ccc2c(c1)C[CH-]CO2. The van der Waals surface area contributed by atoms with E-state index in [4.69, 9.17) is 4.74 Å². The summed E-state index contributed by atoms with van der Waals surface area (Å²) < 4.78 is 5.37. The fraction of sp³-hybridized carbons (Fsp3) is 0.200. The Morgan fingerprint density at radius 2 is 2.00 bits per heavy atom. The first-order valence-corrected chi connectivity index (χ1v) is 3.49. The number of benzene rings is 1. The van der Waals surface area contributed by atoms with Crippen LogP contribution in [0.2, 0.25) is 0 Å². The summed E-state index contributed by atoms with van der Waals surface area (Å²) in [6.07, 6.45) is 3.19. The van der Waals surface area contributed by atoms with Gasteiger partial charge in [-0.3, -0.25) is 6.42 Å². The van der Waals surface area contributed by atoms with Gasteiger partial charge in [-0.1, -0.05) is 18.2 Å². The van der Waals surface area contributed by atoms with Crippen LogP contribution in [0.3, 0.4) is 0 Å². The van der Waals surface area contributed by atoms with Crippen LogP contribution in [0.4, 0.5) is 0 Å². The van der Waals surface area contributed by atoms with Gasteiger partial charge in [0.05, 0.1) is 0 Å². The molecule has 1 nitrogen and oxygen atoms in total. The third kappa shape index (κ3) is 2.57. The summed E-state index contributed by atoms with van der Waals surface area (Å²) in [7, 11) is 0. The van der Waals surface area contributed by atoms with Crippen LogP contribution >= 0.6 is 0 Å². The van der Waals surface area contributed by atoms with Crippen molar-refractivity contribution in [1.29, 1.82) is 0 Å². The molecule has 0 N–H and O–H groups in total. The molecular weight excluding hydrogens is 225 g/mol. The quantitative estimate of drug-likeness (QED) is 0.629. The van der Waals surface area contributed by atoms with Crippen molar-refractivity contribution in [2.75, 3.05) is 6.61 Å². The molecule has 0 saturated heterocycles. The molecule has 1 heterocycles. The third-order valence-electron chi connectivity index (χ3n) is 1.69. The zero-order valence-electron chi connectivity index (χ0n) is 7.29. The first kappa shape index (κ1) is 12.1. The Bertz CT molecular complexity index is 210. The molecule has 0 saturated carbocycles. The monoisotopic (exact) mass is 237 g/mol. The first-order chi connectivity index (χ1) is 4.97. The van der Waals surface area contributed by atoms with Crippen molar-refractivity contribution < 1.29 is 37.4 Å². The number of para-hydroxylation sites is 1. The van der Waals surface area contributed by atoms with Gasteiger partial charge < -0.3 is 12.2 Å². The fourth-order valence-corrected chi connectivity index (χ4v) is 1.18. The van der Waals surface area contributed by atoms with Gasteiger partial charge >= 0.3 is 0 Å². The minimum Gasteiger partial charge on any atom is -0.525 e. The Kier molecular flexibility index (Phi) is 5.77. The van der Waals surface area contributed by atoms with Gasteiger partial charge in [-0.05, 0) is 18.2 Å². The van der Waals surface area contributed by atoms with Crippen molar-refractivity contribution in [2.24, 2.45) is 0 Å². The van der Waals surface area contributed by atoms with Crippen molar-refractivity contribution in [3.8, 4) is 5.75 Å². The van der Waals surface area contributed by atoms with Crippen LogP contribution < -0.4 is 4.74 Å². The van der Waals surface area contributed by atoms with E-state index in [1.165, 1.54) is 5.56 Å². The van der Waals surface area contributed by atoms with Crippen LogP contribution in [-0.4, -0.2) is 6.61 Å². The molecule has 2 heteroatoms. The average molecular weight is 237 g/mol. The second kappa shape index (κ2) is 5.72. The molecular formula is C10H12OY-2. The van der Waals surface area contributed by atoms with Crippen LogP contribution in [0.15, 0.2) is 24.3 Å². The summed E-state index contributed by atoms with van der Waals surface area (Å²) in [6.45, 7) is 0.761. The first-order valence-electron chi connectivity index (χ1n) is 3.49. The Morgan fingerprint density at radius 1 is 1.25 bits per heavy atom. The topological polar surface area (TPSA) is 9.23 Å². The molecule has 1 aliphatic rings. The molecule has 0 amide bonds. The molecule has 1 aromatic carbocycles. The van der Waals surface area contributed by atoms with Gasteiger partial charge in [-0.15, -0.1) is 6.42 Å². The van der Waals surface area contributed by atoms with E-state index in [1.807, 2.05) is 18.2 Å². The van der Waals surface area contributed by atoms with Gasteiger partial charge in [-0.2, -0.15) is 0 Å². The Balaban J connectivity index is 0.000000605. The smallest absolute Gasteiger partial charge is 0.115 e. The molecule has 0 fully saturated rings. The van der Waals surface area contributed by atoms with Crippen molar-refractivity contribution >= 4 is 0 Å². The van der Waals surface area contributed by atoms with Crippen molar-refractivity contribution in [3.05, 3.63) is 43.7 Å². The number of fused-ring (bicyclic) bond motifs is 1. The van der Waals surface area contributed by atoms with Crippen molar-refractivity contribution in [3.63, 3.8) is 0 Å². The number of ether oxygens (including phenoxy) is 1. The van der Waals surface area contributed by atoms with E-state index in [2.05, 4.69) is 12.5 Å². The maximum atomic E-state index is 5.37. The van der Waals surface area contributed by atoms with Crippen molar-refractivity contribution in [2.45, 2.75) is 6.42 Å². The maximum Gasteiger partial charge on any atom is 0.115 e. The molecule has 1 aromatic rings. The van der Waals surface area contributed by atoms with E-state index < -0.39 is 0 Å². The maximum absolute atomic E-state index is 5.37. The molecule has 0 unspecified atom stereocenters. The molecule has 0 aliphatic carbocycles. The Hall–Kier alpha value is 0.124. The van der Waals surface area contributed by atoms with E-state index in [1.54, 1.807) is 0 Å². The number of hydrogen-bond donors (Lipinski definition) is 0. The number of hydrogen-bond acceptors (Lipinski definition) is 1. The van der Waals surface area contributed by atoms with Crippen LogP contribution in [0.25, 0.3) is 0 Å². The van der Waals surface area contributed by atoms with Gasteiger partial charge in [0.2, 0.25) is 0 Å². The fourth-order valence-electron chi connectivity index (χ4n) is 1.18. The molecule has 12 heavy (non-hydrogen) atoms. The van der Waals surface area contributed by atoms with Gasteiger partial charge in [0.25, 0.3) is 0 Å². The Labute approximate surface area is 99.4 Å². The summed E-state index contributed by atoms with van der Waals surface area (Å²) in [5.41, 5.74) is 1.30. The predicted octanol–water partition coefficient (Wildman–Crippen LogP) is 2.27. The average Bonchev–Trinajstić information content (AvgIpc) is 2.05. The zero-order chi connectivity index (χ0) is 6.81. The van der Waals surface area contributed by atoms with E-state index >= 15 is 0 Å². The minimum absolute atomic E-state index is 0. The second-order valence-corrected chi connectivity index (χ2v) is 2.41. The van der Waals surface area contributed by atoms with Crippen LogP contribution in [0.1, 0.15) is 5.56 Å². The summed E-state index contributed by atoms with van der Waals surface area (Å²) in [4.78, 5) is 0. The molecule has 2 rings (SSSR count). The Morgan fingerprint density at radius 3 is 2.75 bits per heavy atom. The zero-order valence-corrected chi connectivity index (χ0v) is 10.1. The third-order valence-corrected chi connectivity index (χ3v) is 1.69. The molecule has 63 valence electrons. The predicted molar refractivity (Wildman–Crippen MR) is 46.4 cm³/mol. The van der Waals surface area contributed by atoms with E-state index in [-0.39, 0.29) is 40.1 Å². The second-order valence-electron chi connectivity index (χ2n) is 2.41. The summed E-state index contributed by atoms with van der Waals surface area (Å²) in [6, 6.07) is 8.17. The molecule has 1 radical (unpaired) electrons. The van der Waals surface area contributed by atoms with Gasteiger partial charge in [0.1, 0.15) is 5.75 Å². The van der Waals surface area contributed by atoms with E-state index in [0.717, 1.165) is 18.8 Å². The number of rotatable bonds is 0. The molecule has 1 aliphatic heterocycles. The summed E-state index contributed by atoms with van der Waals surface area (Å²) in [5, 5.41) is 0. The van der Waals surface area contributed by atoms with Crippen LogP contribution in [0.5, 0.6) is 5.75 Å². The molecule has 0 spiro atoms. The van der Waals surface area contributed by atoms with Gasteiger partial charge in [0, 0.05) is 32.7 Å².